The summed E-state index contributed by atoms with van der Waals surface area (Å²) in [4.78, 5) is 18.8. The quantitative estimate of drug-likeness (QED) is 0.101. The molecule has 0 saturated carbocycles. The molecular formula is C50H55F6N3O. The van der Waals surface area contributed by atoms with E-state index in [-0.39, 0.29) is 23.3 Å². The number of alkyl halides is 6. The summed E-state index contributed by atoms with van der Waals surface area (Å²) in [5, 5.41) is 4.24. The van der Waals surface area contributed by atoms with Crippen molar-refractivity contribution in [3.63, 3.8) is 0 Å². The van der Waals surface area contributed by atoms with E-state index in [2.05, 4.69) is 88.2 Å². The van der Waals surface area contributed by atoms with Crippen molar-refractivity contribution in [1.82, 2.24) is 15.2 Å². The third-order valence-corrected chi connectivity index (χ3v) is 10.4. The minimum absolute atomic E-state index is 0.0126. The molecule has 0 bridgehead atoms. The minimum atomic E-state index is -4.40. The summed E-state index contributed by atoms with van der Waals surface area (Å²) in [6, 6.07) is 35.0. The van der Waals surface area contributed by atoms with E-state index in [0.29, 0.717) is 49.2 Å². The lowest BCUT2D eigenvalue weighted by Gasteiger charge is -2.25. The second-order valence-corrected chi connectivity index (χ2v) is 17.4. The summed E-state index contributed by atoms with van der Waals surface area (Å²) in [6.07, 6.45) is -7.79. The fourth-order valence-corrected chi connectivity index (χ4v) is 6.89. The Morgan fingerprint density at radius 2 is 1.08 bits per heavy atom. The molecule has 5 aromatic carbocycles. The normalized spacial score (nSPS) is 12.3. The average Bonchev–Trinajstić information content (AvgIpc) is 3.58. The lowest BCUT2D eigenvalue weighted by Crippen LogP contribution is -2.32. The lowest BCUT2D eigenvalue weighted by molar-refractivity contribution is -0.138. The van der Waals surface area contributed by atoms with Crippen LogP contribution in [0.5, 0.6) is 0 Å². The summed E-state index contributed by atoms with van der Waals surface area (Å²) in [5.74, 6) is -0.158. The van der Waals surface area contributed by atoms with Crippen LogP contribution in [0.2, 0.25) is 0 Å². The van der Waals surface area contributed by atoms with Gasteiger partial charge in [-0.3, -0.25) is 4.79 Å². The van der Waals surface area contributed by atoms with Crippen molar-refractivity contribution in [3.8, 4) is 0 Å². The number of amides is 1. The molecule has 0 saturated heterocycles. The van der Waals surface area contributed by atoms with E-state index >= 15 is 0 Å². The van der Waals surface area contributed by atoms with Gasteiger partial charge in [0.15, 0.2) is 0 Å². The Morgan fingerprint density at radius 3 is 1.60 bits per heavy atom. The number of hydrogen-bond acceptors (Lipinski definition) is 2. The molecule has 60 heavy (non-hydrogen) atoms. The zero-order valence-electron chi connectivity index (χ0n) is 35.4. The third kappa shape index (κ3) is 12.8. The van der Waals surface area contributed by atoms with Gasteiger partial charge >= 0.3 is 12.4 Å². The SMILES string of the molecule is CC(C)(C)c1ccc(CNCCc2cccc(C(F)(F)F)c2)cc1.Cc1cc2cccc(C(=O)N(CCc3cccc(C(F)(F)F)c3)Cc3ccc(C(C)(C)C)cc3)c2[nH]1. The molecule has 1 aromatic heterocycles. The third-order valence-electron chi connectivity index (χ3n) is 10.4. The number of fused-ring (bicyclic) bond motifs is 1. The predicted molar refractivity (Wildman–Crippen MR) is 230 cm³/mol. The van der Waals surface area contributed by atoms with E-state index in [1.54, 1.807) is 23.1 Å². The highest BCUT2D eigenvalue weighted by Gasteiger charge is 2.31. The molecule has 0 unspecified atom stereocenters. The second kappa shape index (κ2) is 18.9. The predicted octanol–water partition coefficient (Wildman–Crippen LogP) is 13.0. The Bertz CT molecular complexity index is 2330. The van der Waals surface area contributed by atoms with Crippen molar-refractivity contribution < 1.29 is 31.1 Å². The lowest BCUT2D eigenvalue weighted by atomic mass is 9.87. The molecule has 0 fully saturated rings. The number of benzene rings is 5. The highest BCUT2D eigenvalue weighted by molar-refractivity contribution is 6.05. The van der Waals surface area contributed by atoms with Crippen LogP contribution >= 0.6 is 0 Å². The number of hydrogen-bond donors (Lipinski definition) is 2. The molecule has 0 atom stereocenters. The number of halogens is 6. The van der Waals surface area contributed by atoms with E-state index in [4.69, 9.17) is 0 Å². The Morgan fingerprint density at radius 1 is 0.583 bits per heavy atom. The molecule has 1 amide bonds. The molecule has 0 spiro atoms. The maximum Gasteiger partial charge on any atom is 0.416 e. The van der Waals surface area contributed by atoms with Crippen LogP contribution in [0.4, 0.5) is 26.3 Å². The molecule has 0 aliphatic carbocycles. The van der Waals surface area contributed by atoms with Gasteiger partial charge in [0.2, 0.25) is 0 Å². The summed E-state index contributed by atoms with van der Waals surface area (Å²) >= 11 is 0. The van der Waals surface area contributed by atoms with E-state index in [0.717, 1.165) is 40.4 Å². The van der Waals surface area contributed by atoms with Gasteiger partial charge in [-0.15, -0.1) is 0 Å². The average molecular weight is 828 g/mol. The number of H-pyrrole nitrogens is 1. The Labute approximate surface area is 350 Å². The van der Waals surface area contributed by atoms with Gasteiger partial charge in [-0.1, -0.05) is 139 Å². The van der Waals surface area contributed by atoms with Crippen LogP contribution in [-0.2, 0) is 49.1 Å². The number of aromatic amines is 1. The van der Waals surface area contributed by atoms with Crippen LogP contribution in [0.15, 0.2) is 121 Å². The smallest absolute Gasteiger partial charge is 0.358 e. The van der Waals surface area contributed by atoms with Gasteiger partial charge in [0, 0.05) is 30.7 Å². The fourth-order valence-electron chi connectivity index (χ4n) is 6.89. The first-order chi connectivity index (χ1) is 28.1. The number of carbonyl (C=O) groups excluding carboxylic acids is 1. The number of aryl methyl sites for hydroxylation is 1. The maximum atomic E-state index is 13.8. The molecular weight excluding hydrogens is 773 g/mol. The van der Waals surface area contributed by atoms with Crippen LogP contribution in [0.3, 0.4) is 0 Å². The van der Waals surface area contributed by atoms with Gasteiger partial charge in [0.1, 0.15) is 0 Å². The van der Waals surface area contributed by atoms with Gasteiger partial charge in [0.05, 0.1) is 22.2 Å². The molecule has 0 aliphatic rings. The van der Waals surface area contributed by atoms with Gasteiger partial charge < -0.3 is 15.2 Å². The first-order valence-electron chi connectivity index (χ1n) is 20.2. The molecule has 0 radical (unpaired) electrons. The van der Waals surface area contributed by atoms with Crippen molar-refractivity contribution in [2.45, 2.75) is 97.6 Å². The Hall–Kier alpha value is -5.35. The monoisotopic (exact) mass is 827 g/mol. The largest absolute Gasteiger partial charge is 0.416 e. The van der Waals surface area contributed by atoms with Crippen molar-refractivity contribution in [2.75, 3.05) is 13.1 Å². The highest BCUT2D eigenvalue weighted by Crippen LogP contribution is 2.31. The molecule has 1 heterocycles. The molecule has 6 aromatic rings. The molecule has 10 heteroatoms. The zero-order valence-corrected chi connectivity index (χ0v) is 35.4. The summed E-state index contributed by atoms with van der Waals surface area (Å²) in [7, 11) is 0. The summed E-state index contributed by atoms with van der Waals surface area (Å²) < 4.78 is 77.6. The van der Waals surface area contributed by atoms with E-state index in [1.807, 2.05) is 37.3 Å². The highest BCUT2D eigenvalue weighted by atomic mass is 19.4. The Balaban J connectivity index is 0.000000247. The summed E-state index contributed by atoms with van der Waals surface area (Å²) in [6.45, 7) is 16.9. The number of nitrogens with one attached hydrogen (secondary N) is 2. The second-order valence-electron chi connectivity index (χ2n) is 17.4. The standard InChI is InChI=1S/C30H31F3N2O.C20H24F3N/c1-20-17-23-8-6-10-26(27(23)34-20)28(36)35(19-22-11-13-24(14-12-22)29(2,3)4)16-15-21-7-5-9-25(18-21)30(31,32)33;1-19(2,3)17-9-7-16(8-10-17)14-24-12-11-15-5-4-6-18(13-15)20(21,22)23/h5-14,17-18,34H,15-16,19H2,1-4H3;4-10,13,24H,11-12,14H2,1-3H3. The zero-order chi connectivity index (χ0) is 43.9. The van der Waals surface area contributed by atoms with Crippen LogP contribution in [0.1, 0.15) is 102 Å². The van der Waals surface area contributed by atoms with Gasteiger partial charge in [0.25, 0.3) is 5.91 Å². The van der Waals surface area contributed by atoms with Crippen LogP contribution in [0.25, 0.3) is 10.9 Å². The maximum absolute atomic E-state index is 13.8. The fraction of sp³-hybridized carbons (Fsp3) is 0.340. The number of nitrogens with zero attached hydrogens (tertiary/aromatic N) is 1. The molecule has 4 nitrogen and oxygen atoms in total. The van der Waals surface area contributed by atoms with Crippen LogP contribution in [0, 0.1) is 6.92 Å². The first-order valence-corrected chi connectivity index (χ1v) is 20.2. The van der Waals surface area contributed by atoms with E-state index in [1.165, 1.54) is 34.9 Å². The molecule has 0 aliphatic heterocycles. The summed E-state index contributed by atoms with van der Waals surface area (Å²) in [5.41, 5.74) is 7.02. The van der Waals surface area contributed by atoms with Gasteiger partial charge in [-0.05, 0) is 94.8 Å². The molecule has 318 valence electrons. The van der Waals surface area contributed by atoms with Crippen molar-refractivity contribution >= 4 is 16.8 Å². The Kier molecular flexibility index (Phi) is 14.4. The topological polar surface area (TPSA) is 48.1 Å². The number of para-hydroxylation sites is 1. The van der Waals surface area contributed by atoms with Crippen molar-refractivity contribution in [3.05, 3.63) is 177 Å². The van der Waals surface area contributed by atoms with E-state index in [9.17, 15) is 31.1 Å². The molecule has 2 N–H and O–H groups in total. The minimum Gasteiger partial charge on any atom is -0.358 e. The van der Waals surface area contributed by atoms with Crippen molar-refractivity contribution in [2.24, 2.45) is 0 Å². The number of carbonyl (C=O) groups is 1. The molecule has 6 rings (SSSR count). The number of aromatic nitrogens is 1. The van der Waals surface area contributed by atoms with E-state index < -0.39 is 23.5 Å². The van der Waals surface area contributed by atoms with Crippen LogP contribution < -0.4 is 5.32 Å². The first kappa shape index (κ1) is 45.7. The van der Waals surface area contributed by atoms with Gasteiger partial charge in [-0.25, -0.2) is 0 Å². The van der Waals surface area contributed by atoms with Crippen LogP contribution in [-0.4, -0.2) is 28.9 Å². The van der Waals surface area contributed by atoms with Crippen molar-refractivity contribution in [1.29, 1.82) is 0 Å². The van der Waals surface area contributed by atoms with Gasteiger partial charge in [-0.2, -0.15) is 26.3 Å². The number of rotatable bonds is 11.